The zero-order chi connectivity index (χ0) is 25.3. The molecule has 3 saturated heterocycles. The molecule has 3 heterocycles. The van der Waals surface area contributed by atoms with Crippen LogP contribution in [0.5, 0.6) is 0 Å². The lowest BCUT2D eigenvalue weighted by Gasteiger charge is -2.50. The van der Waals surface area contributed by atoms with Crippen LogP contribution in [0.4, 0.5) is 14.4 Å². The molecule has 0 spiro atoms. The summed E-state index contributed by atoms with van der Waals surface area (Å²) < 4.78 is 0. The van der Waals surface area contributed by atoms with Gasteiger partial charge < -0.3 is 0 Å². The Morgan fingerprint density at radius 3 is 0.879 bits per heavy atom. The number of carbonyl (C=O) groups is 9. The van der Waals surface area contributed by atoms with Crippen molar-refractivity contribution in [3.63, 3.8) is 0 Å². The summed E-state index contributed by atoms with van der Waals surface area (Å²) >= 11 is 0. The number of hydrogen-bond acceptors (Lipinski definition) is 9. The Labute approximate surface area is 186 Å². The highest BCUT2D eigenvalue weighted by Crippen LogP contribution is 2.47. The molecule has 3 aliphatic heterocycles. The molecule has 0 radical (unpaired) electrons. The molecule has 0 saturated carbocycles. The second kappa shape index (κ2) is 7.18. The molecule has 12 amide bonds. The van der Waals surface area contributed by atoms with Gasteiger partial charge in [0, 0.05) is 42.3 Å². The quantitative estimate of drug-likeness (QED) is 0.396. The van der Waals surface area contributed by atoms with E-state index in [-0.39, 0.29) is 0 Å². The molecular weight excluding hydrogens is 444 g/mol. The summed E-state index contributed by atoms with van der Waals surface area (Å²) in [6, 6.07) is -3.28. The van der Waals surface area contributed by atoms with Crippen molar-refractivity contribution in [3.8, 4) is 0 Å². The predicted octanol–water partition coefficient (Wildman–Crippen LogP) is -2.64. The fourth-order valence-electron chi connectivity index (χ4n) is 4.30. The second-order valence-electron chi connectivity index (χ2n) is 7.90. The average Bonchev–Trinajstić information content (AvgIpc) is 2.79. The summed E-state index contributed by atoms with van der Waals surface area (Å²) in [4.78, 5) is 119. The molecule has 15 nitrogen and oxygen atoms in total. The van der Waals surface area contributed by atoms with E-state index in [0.29, 0.717) is 29.4 Å². The molecule has 15 heteroatoms. The first-order chi connectivity index (χ1) is 15.1. The zero-order valence-corrected chi connectivity index (χ0v) is 18.5. The SMILES string of the molecule is CN1C(=O)C(C2(C3C(=O)N(C)C(=O)N(C)C3=O)C(=O)N(C)C(=O)N(C)C2=O)C(=O)N(C)C1=O. The lowest BCUT2D eigenvalue weighted by atomic mass is 9.60. The van der Waals surface area contributed by atoms with Crippen molar-refractivity contribution in [2.45, 2.75) is 0 Å². The van der Waals surface area contributed by atoms with Gasteiger partial charge in [-0.2, -0.15) is 0 Å². The Morgan fingerprint density at radius 1 is 0.424 bits per heavy atom. The molecule has 0 aromatic carbocycles. The van der Waals surface area contributed by atoms with Gasteiger partial charge in [-0.1, -0.05) is 0 Å². The maximum absolute atomic E-state index is 13.6. The van der Waals surface area contributed by atoms with Crippen molar-refractivity contribution in [1.82, 2.24) is 29.4 Å². The Balaban J connectivity index is 2.42. The van der Waals surface area contributed by atoms with Crippen molar-refractivity contribution in [1.29, 1.82) is 0 Å². The Kier molecular flexibility index (Phi) is 5.11. The monoisotopic (exact) mass is 464 g/mol. The number of imide groups is 6. The van der Waals surface area contributed by atoms with Gasteiger partial charge in [0.2, 0.25) is 35.4 Å². The lowest BCUT2D eigenvalue weighted by molar-refractivity contribution is -0.184. The summed E-state index contributed by atoms with van der Waals surface area (Å²) in [6.45, 7) is 0. The minimum atomic E-state index is -3.08. The third-order valence-corrected chi connectivity index (χ3v) is 6.26. The van der Waals surface area contributed by atoms with E-state index in [0.717, 1.165) is 42.3 Å². The molecule has 0 aromatic rings. The summed E-state index contributed by atoms with van der Waals surface area (Å²) in [5.41, 5.74) is -3.08. The minimum Gasteiger partial charge on any atom is -0.273 e. The third kappa shape index (κ3) is 2.64. The summed E-state index contributed by atoms with van der Waals surface area (Å²) in [7, 11) is 5.81. The molecule has 3 fully saturated rings. The smallest absolute Gasteiger partial charge is 0.273 e. The van der Waals surface area contributed by atoms with E-state index in [2.05, 4.69) is 0 Å². The van der Waals surface area contributed by atoms with Gasteiger partial charge in [0.05, 0.1) is 0 Å². The number of amides is 12. The molecule has 0 atom stereocenters. The predicted molar refractivity (Wildman–Crippen MR) is 102 cm³/mol. The first-order valence-corrected chi connectivity index (χ1v) is 9.44. The molecule has 0 N–H and O–H groups in total. The normalized spacial score (nSPS) is 23.6. The maximum atomic E-state index is 13.6. The number of nitrogens with zero attached hydrogens (tertiary/aromatic N) is 6. The first-order valence-electron chi connectivity index (χ1n) is 9.44. The number of rotatable bonds is 2. The molecule has 176 valence electrons. The second-order valence-corrected chi connectivity index (χ2v) is 7.90. The highest BCUT2D eigenvalue weighted by Gasteiger charge is 2.74. The highest BCUT2D eigenvalue weighted by atomic mass is 16.2. The van der Waals surface area contributed by atoms with Gasteiger partial charge >= 0.3 is 18.1 Å². The summed E-state index contributed by atoms with van der Waals surface area (Å²) in [5, 5.41) is 0. The summed E-state index contributed by atoms with van der Waals surface area (Å²) in [5.74, 6) is -13.0. The molecule has 33 heavy (non-hydrogen) atoms. The highest BCUT2D eigenvalue weighted by molar-refractivity contribution is 6.32. The van der Waals surface area contributed by atoms with Crippen molar-refractivity contribution < 1.29 is 43.2 Å². The van der Waals surface area contributed by atoms with Crippen molar-refractivity contribution in [2.24, 2.45) is 17.3 Å². The van der Waals surface area contributed by atoms with Gasteiger partial charge in [-0.15, -0.1) is 0 Å². The standard InChI is InChI=1S/C18H20N6O9/c1-19-9(25)7(10(26)20(2)15(19)31)18(13(29)23(5)17(33)24(6)14(18)30)8-11(27)21(3)16(32)22(4)12(8)28/h7-8H,1-6H3. The Hall–Kier alpha value is -4.17. The fraction of sp³-hybridized carbons (Fsp3) is 0.500. The molecule has 3 rings (SSSR count). The van der Waals surface area contributed by atoms with Crippen LogP contribution >= 0.6 is 0 Å². The minimum absolute atomic E-state index is 0.398. The van der Waals surface area contributed by atoms with Crippen molar-refractivity contribution in [3.05, 3.63) is 0 Å². The first kappa shape index (κ1) is 23.5. The topological polar surface area (TPSA) is 173 Å². The van der Waals surface area contributed by atoms with Gasteiger partial charge in [0.15, 0.2) is 5.41 Å². The molecule has 0 bridgehead atoms. The maximum Gasteiger partial charge on any atom is 0.332 e. The van der Waals surface area contributed by atoms with Crippen LogP contribution in [0.25, 0.3) is 0 Å². The van der Waals surface area contributed by atoms with Crippen LogP contribution in [0.1, 0.15) is 0 Å². The Bertz CT molecular complexity index is 953. The number of barbiturate groups is 3. The van der Waals surface area contributed by atoms with E-state index < -0.39 is 70.8 Å². The summed E-state index contributed by atoms with van der Waals surface area (Å²) in [6.07, 6.45) is 0. The van der Waals surface area contributed by atoms with Crippen molar-refractivity contribution in [2.75, 3.05) is 42.3 Å². The van der Waals surface area contributed by atoms with Gasteiger partial charge in [-0.3, -0.25) is 58.2 Å². The lowest BCUT2D eigenvalue weighted by Crippen LogP contribution is -2.77. The van der Waals surface area contributed by atoms with E-state index in [1.54, 1.807) is 0 Å². The van der Waals surface area contributed by atoms with Gasteiger partial charge in [0.25, 0.3) is 0 Å². The molecule has 0 unspecified atom stereocenters. The average molecular weight is 464 g/mol. The molecular formula is C18H20N6O9. The fourth-order valence-corrected chi connectivity index (χ4v) is 4.30. The van der Waals surface area contributed by atoms with Gasteiger partial charge in [-0.25, -0.2) is 14.4 Å². The van der Waals surface area contributed by atoms with E-state index >= 15 is 0 Å². The van der Waals surface area contributed by atoms with Gasteiger partial charge in [0.1, 0.15) is 11.8 Å². The molecule has 3 aliphatic rings. The zero-order valence-electron chi connectivity index (χ0n) is 18.5. The third-order valence-electron chi connectivity index (χ3n) is 6.26. The Morgan fingerprint density at radius 2 is 0.636 bits per heavy atom. The number of hydrogen-bond donors (Lipinski definition) is 0. The van der Waals surface area contributed by atoms with Crippen LogP contribution in [0.2, 0.25) is 0 Å². The van der Waals surface area contributed by atoms with E-state index in [1.165, 1.54) is 0 Å². The van der Waals surface area contributed by atoms with E-state index in [1.807, 2.05) is 0 Å². The van der Waals surface area contributed by atoms with Crippen LogP contribution in [0.3, 0.4) is 0 Å². The molecule has 0 aromatic heterocycles. The van der Waals surface area contributed by atoms with E-state index in [4.69, 9.17) is 0 Å². The number of urea groups is 3. The van der Waals surface area contributed by atoms with Crippen LogP contribution in [-0.4, -0.2) is 125 Å². The van der Waals surface area contributed by atoms with Crippen molar-refractivity contribution >= 4 is 53.5 Å². The van der Waals surface area contributed by atoms with Gasteiger partial charge in [-0.05, 0) is 0 Å². The van der Waals surface area contributed by atoms with Crippen LogP contribution in [0.15, 0.2) is 0 Å². The molecule has 0 aliphatic carbocycles. The number of carbonyl (C=O) groups excluding carboxylic acids is 9. The largest absolute Gasteiger partial charge is 0.332 e. The van der Waals surface area contributed by atoms with E-state index in [9.17, 15) is 43.2 Å². The van der Waals surface area contributed by atoms with Crippen LogP contribution in [-0.2, 0) is 28.8 Å². The van der Waals surface area contributed by atoms with Crippen LogP contribution in [0, 0.1) is 17.3 Å². The van der Waals surface area contributed by atoms with Crippen LogP contribution < -0.4 is 0 Å².